The number of benzene rings is 2. The van der Waals surface area contributed by atoms with Gasteiger partial charge in [-0.1, -0.05) is 11.3 Å². The molecule has 0 radical (unpaired) electrons. The number of anilines is 1. The second-order valence-corrected chi connectivity index (χ2v) is 7.88. The number of thiazole rings is 1. The third kappa shape index (κ3) is 4.52. The van der Waals surface area contributed by atoms with Gasteiger partial charge < -0.3 is 4.74 Å². The number of hydrogen-bond donors (Lipinski definition) is 0. The van der Waals surface area contributed by atoms with Gasteiger partial charge in [0.05, 0.1) is 27.8 Å². The zero-order valence-corrected chi connectivity index (χ0v) is 16.7. The summed E-state index contributed by atoms with van der Waals surface area (Å²) in [5.74, 6) is -0.642. The van der Waals surface area contributed by atoms with E-state index in [4.69, 9.17) is 4.74 Å². The summed E-state index contributed by atoms with van der Waals surface area (Å²) in [5.41, 5.74) is 1.28. The lowest BCUT2D eigenvalue weighted by molar-refractivity contribution is -0.384. The molecule has 1 unspecified atom stereocenters. The van der Waals surface area contributed by atoms with Crippen LogP contribution in [-0.2, 0) is 9.53 Å². The average molecular weight is 427 g/mol. The SMILES string of the molecule is O=C(/C=C\c1ccc([N+](=O)[O-])cc1)N(CC1CCCO1)c1nc2ccc(F)cc2s1. The minimum absolute atomic E-state index is 0.0137. The topological polar surface area (TPSA) is 85.6 Å². The maximum Gasteiger partial charge on any atom is 0.269 e. The van der Waals surface area contributed by atoms with E-state index in [1.807, 2.05) is 0 Å². The molecule has 30 heavy (non-hydrogen) atoms. The summed E-state index contributed by atoms with van der Waals surface area (Å²) in [5, 5.41) is 11.2. The van der Waals surface area contributed by atoms with Crippen LogP contribution in [-0.4, -0.2) is 35.1 Å². The first kappa shape index (κ1) is 20.1. The van der Waals surface area contributed by atoms with Crippen LogP contribution in [0, 0.1) is 15.9 Å². The Morgan fingerprint density at radius 1 is 1.33 bits per heavy atom. The van der Waals surface area contributed by atoms with Crippen LogP contribution in [0.15, 0.2) is 48.5 Å². The van der Waals surface area contributed by atoms with Crippen LogP contribution in [0.2, 0.25) is 0 Å². The number of nitro benzene ring substituents is 1. The van der Waals surface area contributed by atoms with Gasteiger partial charge >= 0.3 is 0 Å². The number of fused-ring (bicyclic) bond motifs is 1. The van der Waals surface area contributed by atoms with E-state index in [2.05, 4.69) is 4.98 Å². The molecule has 1 saturated heterocycles. The van der Waals surface area contributed by atoms with Gasteiger partial charge in [-0.05, 0) is 54.8 Å². The molecule has 7 nitrogen and oxygen atoms in total. The maximum absolute atomic E-state index is 13.5. The van der Waals surface area contributed by atoms with Gasteiger partial charge in [-0.25, -0.2) is 9.37 Å². The number of ether oxygens (including phenoxy) is 1. The number of carbonyl (C=O) groups excluding carboxylic acids is 1. The fourth-order valence-electron chi connectivity index (χ4n) is 3.22. The number of halogens is 1. The highest BCUT2D eigenvalue weighted by Crippen LogP contribution is 2.30. The Morgan fingerprint density at radius 2 is 2.13 bits per heavy atom. The van der Waals surface area contributed by atoms with E-state index in [-0.39, 0.29) is 23.5 Å². The van der Waals surface area contributed by atoms with Gasteiger partial charge in [-0.3, -0.25) is 19.8 Å². The summed E-state index contributed by atoms with van der Waals surface area (Å²) in [6, 6.07) is 10.3. The van der Waals surface area contributed by atoms with Crippen molar-refractivity contribution in [3.8, 4) is 0 Å². The third-order valence-electron chi connectivity index (χ3n) is 4.77. The number of nitro groups is 1. The van der Waals surface area contributed by atoms with Crippen LogP contribution in [0.5, 0.6) is 0 Å². The smallest absolute Gasteiger partial charge is 0.269 e. The normalized spacial score (nSPS) is 16.4. The first-order valence-corrected chi connectivity index (χ1v) is 10.2. The molecular formula is C21H18FN3O4S. The Labute approximate surface area is 175 Å². The molecule has 9 heteroatoms. The summed E-state index contributed by atoms with van der Waals surface area (Å²) >= 11 is 1.25. The van der Waals surface area contributed by atoms with Crippen molar-refractivity contribution in [2.24, 2.45) is 0 Å². The molecule has 0 N–H and O–H groups in total. The predicted molar refractivity (Wildman–Crippen MR) is 113 cm³/mol. The quantitative estimate of drug-likeness (QED) is 0.327. The van der Waals surface area contributed by atoms with Crippen molar-refractivity contribution < 1.29 is 18.8 Å². The van der Waals surface area contributed by atoms with Crippen molar-refractivity contribution >= 4 is 44.4 Å². The van der Waals surface area contributed by atoms with Crippen molar-refractivity contribution in [3.63, 3.8) is 0 Å². The van der Waals surface area contributed by atoms with Crippen molar-refractivity contribution in [2.75, 3.05) is 18.1 Å². The molecule has 0 spiro atoms. The molecule has 0 saturated carbocycles. The highest BCUT2D eigenvalue weighted by Gasteiger charge is 2.25. The molecule has 154 valence electrons. The highest BCUT2D eigenvalue weighted by atomic mass is 32.1. The number of carbonyl (C=O) groups is 1. The standard InChI is InChI=1S/C21H18FN3O4S/c22-15-6-9-18-19(12-15)30-21(23-18)24(13-17-2-1-11-29-17)20(26)10-5-14-3-7-16(8-4-14)25(27)28/h3-10,12,17H,1-2,11,13H2/b10-5-. The molecule has 1 atom stereocenters. The minimum Gasteiger partial charge on any atom is -0.376 e. The van der Waals surface area contributed by atoms with Crippen LogP contribution in [0.4, 0.5) is 15.2 Å². The first-order chi connectivity index (χ1) is 14.5. The summed E-state index contributed by atoms with van der Waals surface area (Å²) in [6.45, 7) is 1.02. The van der Waals surface area contributed by atoms with Gasteiger partial charge in [-0.15, -0.1) is 0 Å². The molecule has 0 bridgehead atoms. The Morgan fingerprint density at radius 3 is 2.83 bits per heavy atom. The summed E-state index contributed by atoms with van der Waals surface area (Å²) in [6.07, 6.45) is 4.72. The number of non-ortho nitro benzene ring substituents is 1. The predicted octanol–water partition coefficient (Wildman–Crippen LogP) is 4.57. The van der Waals surface area contributed by atoms with Crippen LogP contribution < -0.4 is 4.90 Å². The maximum atomic E-state index is 13.5. The lowest BCUT2D eigenvalue weighted by atomic mass is 10.2. The van der Waals surface area contributed by atoms with Crippen molar-refractivity contribution in [2.45, 2.75) is 18.9 Å². The van der Waals surface area contributed by atoms with E-state index in [0.29, 0.717) is 34.1 Å². The fourth-order valence-corrected chi connectivity index (χ4v) is 4.23. The van der Waals surface area contributed by atoms with E-state index < -0.39 is 4.92 Å². The Balaban J connectivity index is 1.59. The van der Waals surface area contributed by atoms with Crippen LogP contribution in [0.25, 0.3) is 16.3 Å². The molecule has 4 rings (SSSR count). The monoisotopic (exact) mass is 427 g/mol. The fraction of sp³-hybridized carbons (Fsp3) is 0.238. The largest absolute Gasteiger partial charge is 0.376 e. The zero-order chi connectivity index (χ0) is 21.1. The molecule has 2 aromatic carbocycles. The van der Waals surface area contributed by atoms with Crippen LogP contribution >= 0.6 is 11.3 Å². The van der Waals surface area contributed by atoms with Crippen molar-refractivity contribution in [1.82, 2.24) is 4.98 Å². The number of amides is 1. The molecular weight excluding hydrogens is 409 g/mol. The lowest BCUT2D eigenvalue weighted by Crippen LogP contribution is -2.36. The minimum atomic E-state index is -0.474. The highest BCUT2D eigenvalue weighted by molar-refractivity contribution is 7.22. The first-order valence-electron chi connectivity index (χ1n) is 9.41. The van der Waals surface area contributed by atoms with Crippen LogP contribution in [0.1, 0.15) is 18.4 Å². The summed E-state index contributed by atoms with van der Waals surface area (Å²) in [7, 11) is 0. The second kappa shape index (κ2) is 8.68. The van der Waals surface area contributed by atoms with Gasteiger partial charge in [0.25, 0.3) is 11.6 Å². The number of rotatable bonds is 6. The van der Waals surface area contributed by atoms with Gasteiger partial charge in [0.1, 0.15) is 5.82 Å². The number of aromatic nitrogens is 1. The molecule has 1 aliphatic heterocycles. The molecule has 1 amide bonds. The third-order valence-corrected chi connectivity index (χ3v) is 5.81. The van der Waals surface area contributed by atoms with E-state index in [1.54, 1.807) is 29.2 Å². The van der Waals surface area contributed by atoms with Crippen LogP contribution in [0.3, 0.4) is 0 Å². The average Bonchev–Trinajstić information content (AvgIpc) is 3.39. The summed E-state index contributed by atoms with van der Waals surface area (Å²) < 4.78 is 19.9. The molecule has 0 aliphatic carbocycles. The van der Waals surface area contributed by atoms with Gasteiger partial charge in [0.15, 0.2) is 5.13 Å². The number of hydrogen-bond acceptors (Lipinski definition) is 6. The van der Waals surface area contributed by atoms with E-state index in [1.165, 1.54) is 41.7 Å². The zero-order valence-electron chi connectivity index (χ0n) is 15.9. The number of nitrogens with zero attached hydrogens (tertiary/aromatic N) is 3. The Hall–Kier alpha value is -3.17. The van der Waals surface area contributed by atoms with Gasteiger partial charge in [0.2, 0.25) is 0 Å². The van der Waals surface area contributed by atoms with Crippen molar-refractivity contribution in [1.29, 1.82) is 0 Å². The molecule has 3 aromatic rings. The van der Waals surface area contributed by atoms with E-state index in [0.717, 1.165) is 12.8 Å². The van der Waals surface area contributed by atoms with Crippen molar-refractivity contribution in [3.05, 3.63) is 70.0 Å². The lowest BCUT2D eigenvalue weighted by Gasteiger charge is -2.21. The Kier molecular flexibility index (Phi) is 5.82. The summed E-state index contributed by atoms with van der Waals surface area (Å²) in [4.78, 5) is 29.3. The van der Waals surface area contributed by atoms with E-state index >= 15 is 0 Å². The van der Waals surface area contributed by atoms with Gasteiger partial charge in [0, 0.05) is 24.8 Å². The van der Waals surface area contributed by atoms with Gasteiger partial charge in [-0.2, -0.15) is 0 Å². The molecule has 2 heterocycles. The molecule has 1 fully saturated rings. The molecule has 1 aliphatic rings. The Bertz CT molecular complexity index is 1110. The molecule has 1 aromatic heterocycles. The van der Waals surface area contributed by atoms with E-state index in [9.17, 15) is 19.3 Å². The second-order valence-electron chi connectivity index (χ2n) is 6.87.